The first kappa shape index (κ1) is 26.4. The Hall–Kier alpha value is -3.79. The highest BCUT2D eigenvalue weighted by atomic mass is 32.1. The highest BCUT2D eigenvalue weighted by molar-refractivity contribution is 7.18. The first-order chi connectivity index (χ1) is 19.3. The number of carbonyl (C=O) groups is 1. The summed E-state index contributed by atoms with van der Waals surface area (Å²) in [5.41, 5.74) is -0.724. The smallest absolute Gasteiger partial charge is 0.264 e. The van der Waals surface area contributed by atoms with Gasteiger partial charge in [-0.25, -0.2) is 22.7 Å². The van der Waals surface area contributed by atoms with Gasteiger partial charge in [0.25, 0.3) is 5.91 Å². The van der Waals surface area contributed by atoms with Crippen molar-refractivity contribution in [2.45, 2.75) is 37.8 Å². The number of nitrogens with zero attached hydrogens (tertiary/aromatic N) is 5. The Balaban J connectivity index is 1.48. The van der Waals surface area contributed by atoms with Gasteiger partial charge in [0.2, 0.25) is 5.69 Å². The molecule has 2 fully saturated rings. The van der Waals surface area contributed by atoms with E-state index in [4.69, 9.17) is 6.57 Å². The van der Waals surface area contributed by atoms with Crippen LogP contribution in [0.25, 0.3) is 37.4 Å². The van der Waals surface area contributed by atoms with Crippen LogP contribution in [-0.4, -0.2) is 62.7 Å². The molecule has 40 heavy (non-hydrogen) atoms. The van der Waals surface area contributed by atoms with Crippen molar-refractivity contribution in [3.8, 4) is 21.6 Å². The standard InChI is InChI=1S/C28H25F3N6O2S/c1-32-20-5-4-16(12-19(20)29)17-14-22(27(38)36-10-3-8-33-9-11-36)40-26(17)18-13-21-25(24(31)23(18)30)37(35-34-21)15-28(39)6-2-7-28/h4-5,12-14,33,39H,2-3,6-11,15H2. The van der Waals surface area contributed by atoms with Gasteiger partial charge in [0, 0.05) is 35.6 Å². The van der Waals surface area contributed by atoms with Gasteiger partial charge < -0.3 is 15.3 Å². The van der Waals surface area contributed by atoms with Crippen molar-refractivity contribution in [1.29, 1.82) is 0 Å². The lowest BCUT2D eigenvalue weighted by molar-refractivity contribution is -0.0493. The second-order valence-electron chi connectivity index (χ2n) is 10.3. The number of benzene rings is 2. The molecule has 0 atom stereocenters. The van der Waals surface area contributed by atoms with Gasteiger partial charge in [0.15, 0.2) is 11.6 Å². The van der Waals surface area contributed by atoms with Crippen molar-refractivity contribution in [2.24, 2.45) is 0 Å². The lowest BCUT2D eigenvalue weighted by Gasteiger charge is -2.36. The van der Waals surface area contributed by atoms with Crippen LogP contribution in [0.4, 0.5) is 18.9 Å². The topological polar surface area (TPSA) is 87.6 Å². The van der Waals surface area contributed by atoms with Gasteiger partial charge in [-0.2, -0.15) is 0 Å². The SMILES string of the molecule is [C-]#[N+]c1ccc(-c2cc(C(=O)N3CCCNCC3)sc2-c2cc3nnn(CC4(O)CCC4)c3c(F)c2F)cc1F. The molecule has 1 amide bonds. The van der Waals surface area contributed by atoms with E-state index in [1.807, 2.05) is 0 Å². The second-order valence-corrected chi connectivity index (χ2v) is 11.3. The van der Waals surface area contributed by atoms with Gasteiger partial charge in [-0.3, -0.25) is 4.79 Å². The largest absolute Gasteiger partial charge is 0.388 e. The number of carbonyl (C=O) groups excluding carboxylic acids is 1. The second kappa shape index (κ2) is 10.3. The molecule has 8 nitrogen and oxygen atoms in total. The number of fused-ring (bicyclic) bond motifs is 1. The Morgan fingerprint density at radius 1 is 1.10 bits per heavy atom. The third-order valence-electron chi connectivity index (χ3n) is 7.60. The van der Waals surface area contributed by atoms with Crippen LogP contribution in [0.5, 0.6) is 0 Å². The molecule has 0 spiro atoms. The van der Waals surface area contributed by atoms with Gasteiger partial charge in [-0.15, -0.1) is 16.4 Å². The van der Waals surface area contributed by atoms with Gasteiger partial charge in [-0.05, 0) is 56.0 Å². The van der Waals surface area contributed by atoms with Crippen LogP contribution >= 0.6 is 11.3 Å². The number of aliphatic hydroxyl groups is 1. The average Bonchev–Trinajstić information content (AvgIpc) is 3.44. The fourth-order valence-corrected chi connectivity index (χ4v) is 6.41. The molecule has 2 aromatic carbocycles. The Kier molecular flexibility index (Phi) is 6.82. The molecular formula is C28H25F3N6O2S. The molecule has 1 aliphatic heterocycles. The molecule has 0 radical (unpaired) electrons. The van der Waals surface area contributed by atoms with Crippen LogP contribution in [0, 0.1) is 24.0 Å². The maximum absolute atomic E-state index is 15.8. The minimum absolute atomic E-state index is 0.000517. The van der Waals surface area contributed by atoms with Gasteiger partial charge in [-0.1, -0.05) is 17.3 Å². The van der Waals surface area contributed by atoms with Gasteiger partial charge >= 0.3 is 0 Å². The van der Waals surface area contributed by atoms with E-state index in [2.05, 4.69) is 20.5 Å². The van der Waals surface area contributed by atoms with Crippen molar-refractivity contribution in [2.75, 3.05) is 26.2 Å². The summed E-state index contributed by atoms with van der Waals surface area (Å²) >= 11 is 0.997. The number of aromatic nitrogens is 3. The number of rotatable bonds is 5. The fourth-order valence-electron chi connectivity index (χ4n) is 5.25. The van der Waals surface area contributed by atoms with E-state index in [1.165, 1.54) is 22.9 Å². The summed E-state index contributed by atoms with van der Waals surface area (Å²) in [7, 11) is 0. The monoisotopic (exact) mass is 566 g/mol. The van der Waals surface area contributed by atoms with Crippen LogP contribution in [-0.2, 0) is 6.54 Å². The van der Waals surface area contributed by atoms with E-state index >= 15 is 8.78 Å². The molecule has 0 unspecified atom stereocenters. The molecular weight excluding hydrogens is 541 g/mol. The predicted octanol–water partition coefficient (Wildman–Crippen LogP) is 5.15. The number of thiophene rings is 1. The quantitative estimate of drug-likeness (QED) is 0.327. The van der Waals surface area contributed by atoms with Crippen LogP contribution in [0.3, 0.4) is 0 Å². The number of halogens is 3. The minimum Gasteiger partial charge on any atom is -0.388 e. The minimum atomic E-state index is -1.17. The average molecular weight is 567 g/mol. The summed E-state index contributed by atoms with van der Waals surface area (Å²) in [6, 6.07) is 6.93. The molecule has 12 heteroatoms. The zero-order valence-electron chi connectivity index (χ0n) is 21.4. The highest BCUT2D eigenvalue weighted by Gasteiger charge is 2.36. The van der Waals surface area contributed by atoms with Crippen molar-refractivity contribution in [3.63, 3.8) is 0 Å². The third kappa shape index (κ3) is 4.64. The van der Waals surface area contributed by atoms with E-state index in [-0.39, 0.29) is 39.6 Å². The molecule has 1 saturated carbocycles. The molecule has 4 aromatic rings. The Morgan fingerprint density at radius 3 is 2.65 bits per heavy atom. The summed E-state index contributed by atoms with van der Waals surface area (Å²) in [4.78, 5) is 18.9. The summed E-state index contributed by atoms with van der Waals surface area (Å²) < 4.78 is 47.2. The van der Waals surface area contributed by atoms with Crippen LogP contribution in [0.2, 0.25) is 0 Å². The Bertz CT molecular complexity index is 1660. The molecule has 2 aliphatic rings. The zero-order chi connectivity index (χ0) is 28.0. The molecule has 2 N–H and O–H groups in total. The van der Waals surface area contributed by atoms with Crippen molar-refractivity contribution in [1.82, 2.24) is 25.2 Å². The maximum Gasteiger partial charge on any atom is 0.264 e. The van der Waals surface area contributed by atoms with Crippen LogP contribution in [0.1, 0.15) is 35.4 Å². The molecule has 0 bridgehead atoms. The third-order valence-corrected chi connectivity index (χ3v) is 8.76. The van der Waals surface area contributed by atoms with E-state index < -0.39 is 23.1 Å². The molecule has 206 valence electrons. The summed E-state index contributed by atoms with van der Waals surface area (Å²) in [6.07, 6.45) is 2.71. The van der Waals surface area contributed by atoms with Gasteiger partial charge in [0.1, 0.15) is 16.9 Å². The molecule has 3 heterocycles. The van der Waals surface area contributed by atoms with Crippen LogP contribution < -0.4 is 5.32 Å². The molecule has 1 saturated heterocycles. The van der Waals surface area contributed by atoms with Crippen molar-refractivity contribution < 1.29 is 23.1 Å². The lowest BCUT2D eigenvalue weighted by Crippen LogP contribution is -2.41. The summed E-state index contributed by atoms with van der Waals surface area (Å²) in [5.74, 6) is -3.33. The van der Waals surface area contributed by atoms with E-state index in [9.17, 15) is 14.3 Å². The normalized spacial score (nSPS) is 16.9. The fraction of sp³-hybridized carbons (Fsp3) is 0.357. The predicted molar refractivity (Wildman–Crippen MR) is 145 cm³/mol. The zero-order valence-corrected chi connectivity index (χ0v) is 22.2. The maximum atomic E-state index is 15.8. The first-order valence-corrected chi connectivity index (χ1v) is 13.8. The number of hydrogen-bond acceptors (Lipinski definition) is 6. The van der Waals surface area contributed by atoms with E-state index in [1.54, 1.807) is 11.0 Å². The molecule has 2 aromatic heterocycles. The summed E-state index contributed by atoms with van der Waals surface area (Å²) in [6.45, 7) is 9.62. The Labute approximate surface area is 231 Å². The number of amides is 1. The van der Waals surface area contributed by atoms with Crippen molar-refractivity contribution in [3.05, 3.63) is 64.1 Å². The lowest BCUT2D eigenvalue weighted by atomic mass is 9.80. The van der Waals surface area contributed by atoms with Crippen molar-refractivity contribution >= 4 is 34.0 Å². The first-order valence-electron chi connectivity index (χ1n) is 13.0. The highest BCUT2D eigenvalue weighted by Crippen LogP contribution is 2.43. The number of hydrogen-bond donors (Lipinski definition) is 2. The number of nitrogens with one attached hydrogen (secondary N) is 1. The molecule has 6 rings (SSSR count). The van der Waals surface area contributed by atoms with Gasteiger partial charge in [0.05, 0.1) is 23.6 Å². The van der Waals surface area contributed by atoms with E-state index in [0.29, 0.717) is 48.5 Å². The Morgan fingerprint density at radius 2 is 1.93 bits per heavy atom. The molecule has 1 aliphatic carbocycles. The van der Waals surface area contributed by atoms with Crippen LogP contribution in [0.15, 0.2) is 30.3 Å². The summed E-state index contributed by atoms with van der Waals surface area (Å²) in [5, 5.41) is 21.8. The van der Waals surface area contributed by atoms with E-state index in [0.717, 1.165) is 36.8 Å².